The van der Waals surface area contributed by atoms with Gasteiger partial charge in [-0.05, 0) is 147 Å². The molecule has 2 aliphatic carbocycles. The maximum Gasteiger partial charge on any atom is 0.311 e. The third-order valence-electron chi connectivity index (χ3n) is 17.5. The largest absolute Gasteiger partial charge is 0.462 e. The van der Waals surface area contributed by atoms with Gasteiger partial charge in [0.25, 0.3) is 0 Å². The zero-order valence-electron chi connectivity index (χ0n) is 49.0. The van der Waals surface area contributed by atoms with Crippen LogP contribution >= 0.6 is 0 Å². The Hall–Kier alpha value is -2.93. The highest BCUT2D eigenvalue weighted by Gasteiger charge is 2.63. The van der Waals surface area contributed by atoms with Crippen molar-refractivity contribution in [3.8, 4) is 0 Å². The van der Waals surface area contributed by atoms with Gasteiger partial charge in [0, 0.05) is 95.7 Å². The van der Waals surface area contributed by atoms with Gasteiger partial charge in [0.05, 0.1) is 29.6 Å². The summed E-state index contributed by atoms with van der Waals surface area (Å²) >= 11 is 0. The topological polar surface area (TPSA) is 214 Å². The van der Waals surface area contributed by atoms with Crippen molar-refractivity contribution in [3.05, 3.63) is 0 Å². The smallest absolute Gasteiger partial charge is 0.311 e. The van der Waals surface area contributed by atoms with Gasteiger partial charge in [-0.3, -0.25) is 24.0 Å². The number of esters is 5. The number of hydrogen-bond acceptors (Lipinski definition) is 17. The molecule has 2 saturated carbocycles. The van der Waals surface area contributed by atoms with E-state index in [9.17, 15) is 15.6 Å². The van der Waals surface area contributed by atoms with Gasteiger partial charge in [-0.25, -0.2) is 0 Å². The van der Waals surface area contributed by atoms with E-state index >= 15 is 24.0 Å². The summed E-state index contributed by atoms with van der Waals surface area (Å²) in [4.78, 5) is 78.1. The highest BCUT2D eigenvalue weighted by molar-refractivity contribution is 5.94. The molecule has 0 spiro atoms. The molecule has 4 aliphatic heterocycles. The van der Waals surface area contributed by atoms with Gasteiger partial charge in [0.1, 0.15) is 30.5 Å². The second-order valence-electron chi connectivity index (χ2n) is 30.6. The molecule has 5 atom stereocenters. The van der Waals surface area contributed by atoms with E-state index in [0.29, 0.717) is 25.7 Å². The van der Waals surface area contributed by atoms with Crippen LogP contribution in [0.2, 0.25) is 0 Å². The molecule has 74 heavy (non-hydrogen) atoms. The van der Waals surface area contributed by atoms with Crippen LogP contribution in [0.25, 0.3) is 0 Å². The Kier molecular flexibility index (Phi) is 16.4. The number of piperidine rings is 4. The molecule has 6 rings (SSSR count). The van der Waals surface area contributed by atoms with Gasteiger partial charge in [0.2, 0.25) is 0 Å². The van der Waals surface area contributed by atoms with E-state index in [4.69, 9.17) is 23.7 Å². The number of rotatable bonds is 10. The summed E-state index contributed by atoms with van der Waals surface area (Å²) in [6.07, 6.45) is -0.0602. The molecule has 5 unspecified atom stereocenters. The van der Waals surface area contributed by atoms with Crippen molar-refractivity contribution in [2.45, 2.75) is 290 Å². The second-order valence-corrected chi connectivity index (χ2v) is 30.6. The van der Waals surface area contributed by atoms with E-state index in [0.717, 1.165) is 6.42 Å². The predicted molar refractivity (Wildman–Crippen MR) is 276 cm³/mol. The molecule has 6 aliphatic rings. The van der Waals surface area contributed by atoms with E-state index in [1.54, 1.807) is 0 Å². The first kappa shape index (κ1) is 60.3. The molecule has 4 heterocycles. The van der Waals surface area contributed by atoms with Crippen LogP contribution < -0.4 is 5.32 Å². The molecule has 0 aromatic carbocycles. The number of nitrogens with one attached hydrogen (secondary N) is 1. The monoisotopic (exact) mass is 1050 g/mol. The molecule has 424 valence electrons. The maximum atomic E-state index is 15.8. The fraction of sp³-hybridized carbons (Fsp3) is 0.912. The van der Waals surface area contributed by atoms with Gasteiger partial charge < -0.3 is 44.6 Å². The molecule has 0 aromatic heterocycles. The first-order chi connectivity index (χ1) is 33.3. The highest BCUT2D eigenvalue weighted by atomic mass is 16.6. The average Bonchev–Trinajstić information content (AvgIpc) is 3.16. The summed E-state index contributed by atoms with van der Waals surface area (Å²) in [5, 5.41) is 41.2. The van der Waals surface area contributed by atoms with Gasteiger partial charge in [-0.2, -0.15) is 15.2 Å². The lowest BCUT2D eigenvalue weighted by atomic mass is 9.61. The summed E-state index contributed by atoms with van der Waals surface area (Å²) in [6.45, 7) is 38.6. The number of nitrogens with zero attached hydrogens (tertiary/aromatic N) is 3. The summed E-state index contributed by atoms with van der Waals surface area (Å²) in [7, 11) is 0. The number of hydroxylamine groups is 6. The quantitative estimate of drug-likeness (QED) is 0.118. The van der Waals surface area contributed by atoms with Crippen molar-refractivity contribution in [3.63, 3.8) is 0 Å². The summed E-state index contributed by atoms with van der Waals surface area (Å²) < 4.78 is 32.6. The van der Waals surface area contributed by atoms with Crippen LogP contribution in [0, 0.1) is 40.4 Å². The third kappa shape index (κ3) is 13.3. The Morgan fingerprint density at radius 2 is 0.581 bits per heavy atom. The van der Waals surface area contributed by atoms with Crippen LogP contribution in [0.5, 0.6) is 0 Å². The summed E-state index contributed by atoms with van der Waals surface area (Å²) in [5.74, 6) is -12.7. The molecule has 4 N–H and O–H groups in total. The van der Waals surface area contributed by atoms with E-state index in [2.05, 4.69) is 33.0 Å². The fourth-order valence-electron chi connectivity index (χ4n) is 15.8. The minimum Gasteiger partial charge on any atom is -0.462 e. The Balaban J connectivity index is 1.53. The number of carbonyl (C=O) groups excluding carboxylic acids is 5. The summed E-state index contributed by atoms with van der Waals surface area (Å²) in [5.41, 5.74) is -6.50. The van der Waals surface area contributed by atoms with Crippen molar-refractivity contribution >= 4 is 29.8 Å². The van der Waals surface area contributed by atoms with Crippen LogP contribution in [-0.2, 0) is 47.7 Å². The Morgan fingerprint density at radius 1 is 0.351 bits per heavy atom. The van der Waals surface area contributed by atoms with E-state index in [-0.39, 0.29) is 49.4 Å². The first-order valence-electron chi connectivity index (χ1n) is 27.6. The van der Waals surface area contributed by atoms with Gasteiger partial charge in [-0.15, -0.1) is 0 Å². The summed E-state index contributed by atoms with van der Waals surface area (Å²) in [6, 6.07) is 0. The Morgan fingerprint density at radius 3 is 0.865 bits per heavy atom. The lowest BCUT2D eigenvalue weighted by Gasteiger charge is -2.52. The van der Waals surface area contributed by atoms with Gasteiger partial charge in [0.15, 0.2) is 0 Å². The zero-order valence-corrected chi connectivity index (χ0v) is 49.0. The fourth-order valence-corrected chi connectivity index (χ4v) is 15.8. The molecule has 0 bridgehead atoms. The lowest BCUT2D eigenvalue weighted by molar-refractivity contribution is -0.263. The number of ether oxygens (including phenoxy) is 5. The molecular weight excluding hydrogens is 949 g/mol. The molecule has 17 nitrogen and oxygen atoms in total. The molecule has 0 amide bonds. The molecule has 0 radical (unpaired) electrons. The van der Waals surface area contributed by atoms with E-state index < -0.39 is 141 Å². The predicted octanol–water partition coefficient (Wildman–Crippen LogP) is 9.33. The standard InChI is InChI=1S/C57H98N4O13/c1-48(2)22-33(23-49(3,4)32-48)70-43(62)38-21-39(44(63)71-35-26-52(9,10)59(67)53(11,12)27-35)40(45(64)72-34-24-50(5,6)58-51(7,8)25-34)42(47(66)74-37-30-56(17,18)61(69)57(19,20)31-37)41(38)46(65)73-36-28-54(13,14)60(68)55(15,16)29-36/h33-42,58,67-69H,21-32H2,1-20H3. The van der Waals surface area contributed by atoms with Crippen molar-refractivity contribution in [1.82, 2.24) is 20.5 Å². The van der Waals surface area contributed by atoms with Crippen LogP contribution in [0.3, 0.4) is 0 Å². The van der Waals surface area contributed by atoms with E-state index in [1.807, 2.05) is 111 Å². The Bertz CT molecular complexity index is 2040. The number of hydrogen-bond donors (Lipinski definition) is 4. The van der Waals surface area contributed by atoms with E-state index in [1.165, 1.54) is 15.2 Å². The minimum atomic E-state index is -1.81. The van der Waals surface area contributed by atoms with Gasteiger partial charge >= 0.3 is 29.8 Å². The van der Waals surface area contributed by atoms with Crippen molar-refractivity contribution in [2.75, 3.05) is 0 Å². The average molecular weight is 1050 g/mol. The maximum absolute atomic E-state index is 15.8. The second kappa shape index (κ2) is 20.1. The van der Waals surface area contributed by atoms with Crippen LogP contribution in [0.4, 0.5) is 0 Å². The normalized spacial score (nSPS) is 33.1. The molecule has 0 aromatic rings. The minimum absolute atomic E-state index is 0.179. The van der Waals surface area contributed by atoms with Crippen molar-refractivity contribution < 1.29 is 63.3 Å². The van der Waals surface area contributed by atoms with Gasteiger partial charge in [-0.1, -0.05) is 27.7 Å². The van der Waals surface area contributed by atoms with Crippen LogP contribution in [0.15, 0.2) is 0 Å². The molecule has 6 fully saturated rings. The molecule has 17 heteroatoms. The zero-order chi connectivity index (χ0) is 56.1. The third-order valence-corrected chi connectivity index (χ3v) is 17.5. The molecule has 4 saturated heterocycles. The molecular formula is C57H98N4O13. The SMILES string of the molecule is CC1(C)CC(OC(=O)C2CC(C(=O)OC3CC(C)(C)N(O)C(C)(C)C3)C(C(=O)OC3CC(C)(C)NC(C)(C)C3)C(C(=O)OC3CC(C)(C)N(O)C(C)(C)C3)C2C(=O)OC2CC(C)(C)N(O)C(C)(C)C2)CC(C)(C)C1. The van der Waals surface area contributed by atoms with Crippen LogP contribution in [-0.4, -0.2) is 135 Å². The Labute approximate surface area is 443 Å². The number of carbonyl (C=O) groups is 5. The lowest BCUT2D eigenvalue weighted by Crippen LogP contribution is -2.62. The van der Waals surface area contributed by atoms with Crippen molar-refractivity contribution in [1.29, 1.82) is 0 Å². The van der Waals surface area contributed by atoms with Crippen LogP contribution in [0.1, 0.15) is 216 Å². The van der Waals surface area contributed by atoms with Crippen molar-refractivity contribution in [2.24, 2.45) is 40.4 Å². The highest BCUT2D eigenvalue weighted by Crippen LogP contribution is 2.52. The first-order valence-corrected chi connectivity index (χ1v) is 27.6.